The number of rotatable bonds is 6. The second-order valence-electron chi connectivity index (χ2n) is 6.60. The topological polar surface area (TPSA) is 101 Å². The quantitative estimate of drug-likeness (QED) is 0.703. The highest BCUT2D eigenvalue weighted by atomic mass is 32.2. The van der Waals surface area contributed by atoms with Gasteiger partial charge < -0.3 is 10.6 Å². The molecule has 1 fully saturated rings. The number of anilines is 2. The molecule has 140 valence electrons. The van der Waals surface area contributed by atoms with E-state index in [1.165, 1.54) is 28.7 Å². The van der Waals surface area contributed by atoms with E-state index in [0.717, 1.165) is 5.69 Å². The van der Waals surface area contributed by atoms with Crippen LogP contribution in [-0.2, 0) is 14.6 Å². The van der Waals surface area contributed by atoms with Gasteiger partial charge in [-0.25, -0.2) is 8.42 Å². The molecule has 0 spiro atoms. The molecule has 1 aliphatic rings. The first-order valence-electron chi connectivity index (χ1n) is 8.05. The molecule has 2 heterocycles. The van der Waals surface area contributed by atoms with Gasteiger partial charge in [0.15, 0.2) is 14.2 Å². The highest BCUT2D eigenvalue weighted by Crippen LogP contribution is 2.28. The highest BCUT2D eigenvalue weighted by Gasteiger charge is 2.39. The van der Waals surface area contributed by atoms with E-state index in [-0.39, 0.29) is 23.2 Å². The Morgan fingerprint density at radius 1 is 1.31 bits per heavy atom. The van der Waals surface area contributed by atoms with Gasteiger partial charge in [-0.1, -0.05) is 40.8 Å². The molecule has 0 bridgehead atoms. The molecule has 0 unspecified atom stereocenters. The van der Waals surface area contributed by atoms with E-state index in [2.05, 4.69) is 20.8 Å². The number of aryl methyl sites for hydroxylation is 1. The van der Waals surface area contributed by atoms with Gasteiger partial charge in [-0.3, -0.25) is 4.79 Å². The van der Waals surface area contributed by atoms with Crippen molar-refractivity contribution in [2.75, 3.05) is 22.6 Å². The predicted octanol–water partition coefficient (Wildman–Crippen LogP) is 2.38. The van der Waals surface area contributed by atoms with E-state index in [0.29, 0.717) is 15.9 Å². The summed E-state index contributed by atoms with van der Waals surface area (Å²) in [6.07, 6.45) is 0.454. The van der Waals surface area contributed by atoms with Crippen LogP contribution in [0, 0.1) is 6.92 Å². The third-order valence-corrected chi connectivity index (χ3v) is 7.86. The highest BCUT2D eigenvalue weighted by molar-refractivity contribution is 8.01. The Balaban J connectivity index is 1.50. The van der Waals surface area contributed by atoms with Crippen LogP contribution in [0.5, 0.6) is 0 Å². The molecule has 10 heteroatoms. The number of nitrogens with one attached hydrogen (secondary N) is 2. The van der Waals surface area contributed by atoms with Crippen LogP contribution in [0.1, 0.15) is 18.9 Å². The van der Waals surface area contributed by atoms with Gasteiger partial charge in [0, 0.05) is 5.69 Å². The van der Waals surface area contributed by atoms with E-state index in [1.54, 1.807) is 6.92 Å². The molecule has 1 aromatic heterocycles. The number of thioether (sulfide) groups is 1. The summed E-state index contributed by atoms with van der Waals surface area (Å²) in [6, 6.07) is 7.95. The van der Waals surface area contributed by atoms with Crippen molar-refractivity contribution in [1.82, 2.24) is 15.5 Å². The molecule has 1 atom stereocenters. The smallest absolute Gasteiger partial charge is 0.230 e. The van der Waals surface area contributed by atoms with Gasteiger partial charge in [-0.15, -0.1) is 10.2 Å². The predicted molar refractivity (Wildman–Crippen MR) is 105 cm³/mol. The molecule has 2 N–H and O–H groups in total. The number of carbonyl (C=O) groups is 1. The van der Waals surface area contributed by atoms with Crippen LogP contribution < -0.4 is 10.6 Å². The molecule has 3 rings (SSSR count). The summed E-state index contributed by atoms with van der Waals surface area (Å²) in [7, 11) is -3.05. The van der Waals surface area contributed by atoms with Crippen LogP contribution in [0.2, 0.25) is 0 Å². The fourth-order valence-electron chi connectivity index (χ4n) is 2.69. The lowest BCUT2D eigenvalue weighted by molar-refractivity contribution is -0.120. The molecular formula is C16H20N4O3S3. The Morgan fingerprint density at radius 2 is 2.04 bits per heavy atom. The zero-order valence-corrected chi connectivity index (χ0v) is 16.9. The minimum atomic E-state index is -3.05. The lowest BCUT2D eigenvalue weighted by Gasteiger charge is -2.23. The van der Waals surface area contributed by atoms with Crippen LogP contribution in [0.3, 0.4) is 0 Å². The van der Waals surface area contributed by atoms with Crippen molar-refractivity contribution in [3.63, 3.8) is 0 Å². The second kappa shape index (κ2) is 7.53. The summed E-state index contributed by atoms with van der Waals surface area (Å²) in [6.45, 7) is 3.80. The van der Waals surface area contributed by atoms with Crippen LogP contribution in [0.4, 0.5) is 10.8 Å². The number of aromatic nitrogens is 2. The second-order valence-corrected chi connectivity index (χ2v) is 11.0. The fraction of sp³-hybridized carbons (Fsp3) is 0.438. The summed E-state index contributed by atoms with van der Waals surface area (Å²) in [5, 5.41) is 14.8. The molecular weight excluding hydrogens is 392 g/mol. The van der Waals surface area contributed by atoms with Gasteiger partial charge >= 0.3 is 0 Å². The zero-order chi connectivity index (χ0) is 18.8. The van der Waals surface area contributed by atoms with Crippen molar-refractivity contribution < 1.29 is 13.2 Å². The van der Waals surface area contributed by atoms with Gasteiger partial charge in [0.05, 0.1) is 22.8 Å². The standard InChI is InChI=1S/C16H20N4O3S3/c1-11-3-5-12(6-4-11)17-14-19-20-15(25-14)24-9-13(21)18-16(2)7-8-26(22,23)10-16/h3-6H,7-10H2,1-2H3,(H,17,19)(H,18,21)/t16-/m1/s1. The first-order chi connectivity index (χ1) is 12.2. The number of amides is 1. The van der Waals surface area contributed by atoms with Crippen molar-refractivity contribution in [2.45, 2.75) is 30.1 Å². The van der Waals surface area contributed by atoms with Crippen molar-refractivity contribution in [3.05, 3.63) is 29.8 Å². The molecule has 1 aliphatic heterocycles. The molecule has 0 radical (unpaired) electrons. The monoisotopic (exact) mass is 412 g/mol. The van der Waals surface area contributed by atoms with Crippen molar-refractivity contribution in [1.29, 1.82) is 0 Å². The van der Waals surface area contributed by atoms with Gasteiger partial charge in [0.25, 0.3) is 0 Å². The molecule has 7 nitrogen and oxygen atoms in total. The maximum atomic E-state index is 12.1. The van der Waals surface area contributed by atoms with Gasteiger partial charge in [-0.05, 0) is 32.4 Å². The van der Waals surface area contributed by atoms with Crippen LogP contribution in [0.15, 0.2) is 28.6 Å². The van der Waals surface area contributed by atoms with Crippen molar-refractivity contribution in [3.8, 4) is 0 Å². The summed E-state index contributed by atoms with van der Waals surface area (Å²) >= 11 is 2.66. The van der Waals surface area contributed by atoms with E-state index >= 15 is 0 Å². The Labute approximate surface area is 160 Å². The lowest BCUT2D eigenvalue weighted by Crippen LogP contribution is -2.47. The number of nitrogens with zero attached hydrogens (tertiary/aromatic N) is 2. The van der Waals surface area contributed by atoms with E-state index in [1.807, 2.05) is 31.2 Å². The third-order valence-electron chi connectivity index (χ3n) is 3.98. The minimum Gasteiger partial charge on any atom is -0.349 e. The first-order valence-corrected chi connectivity index (χ1v) is 11.7. The Bertz CT molecular complexity index is 896. The molecule has 26 heavy (non-hydrogen) atoms. The van der Waals surface area contributed by atoms with Gasteiger partial charge in [0.2, 0.25) is 11.0 Å². The van der Waals surface area contributed by atoms with Crippen LogP contribution in [0.25, 0.3) is 0 Å². The number of hydrogen-bond donors (Lipinski definition) is 2. The zero-order valence-electron chi connectivity index (χ0n) is 14.5. The summed E-state index contributed by atoms with van der Waals surface area (Å²) < 4.78 is 23.9. The average Bonchev–Trinajstić information content (AvgIpc) is 3.11. The number of benzene rings is 1. The maximum absolute atomic E-state index is 12.1. The molecule has 1 aromatic carbocycles. The Kier molecular flexibility index (Phi) is 5.54. The Hall–Kier alpha value is -1.65. The maximum Gasteiger partial charge on any atom is 0.230 e. The summed E-state index contributed by atoms with van der Waals surface area (Å²) in [4.78, 5) is 12.1. The number of carbonyl (C=O) groups excluding carboxylic acids is 1. The third kappa shape index (κ3) is 5.18. The van der Waals surface area contributed by atoms with Crippen LogP contribution >= 0.6 is 23.1 Å². The molecule has 1 saturated heterocycles. The Morgan fingerprint density at radius 3 is 2.69 bits per heavy atom. The fourth-order valence-corrected chi connectivity index (χ4v) is 6.35. The van der Waals surface area contributed by atoms with E-state index < -0.39 is 15.4 Å². The van der Waals surface area contributed by atoms with Gasteiger partial charge in [-0.2, -0.15) is 0 Å². The SMILES string of the molecule is Cc1ccc(Nc2nnc(SCC(=O)N[C@]3(C)CCS(=O)(=O)C3)s2)cc1. The first kappa shape index (κ1) is 19.1. The van der Waals surface area contributed by atoms with E-state index in [9.17, 15) is 13.2 Å². The molecule has 2 aromatic rings. The van der Waals surface area contributed by atoms with Crippen molar-refractivity contribution in [2.24, 2.45) is 0 Å². The number of hydrogen-bond acceptors (Lipinski definition) is 8. The largest absolute Gasteiger partial charge is 0.349 e. The van der Waals surface area contributed by atoms with E-state index in [4.69, 9.17) is 0 Å². The lowest BCUT2D eigenvalue weighted by atomic mass is 10.0. The molecule has 0 aliphatic carbocycles. The number of sulfone groups is 1. The summed E-state index contributed by atoms with van der Waals surface area (Å²) in [5.41, 5.74) is 1.44. The molecule has 0 saturated carbocycles. The normalized spacial score (nSPS) is 21.5. The van der Waals surface area contributed by atoms with Gasteiger partial charge in [0.1, 0.15) is 0 Å². The minimum absolute atomic E-state index is 0.000166. The summed E-state index contributed by atoms with van der Waals surface area (Å²) in [5.74, 6) is 0.105. The average molecular weight is 413 g/mol. The molecule has 1 amide bonds. The van der Waals surface area contributed by atoms with Crippen molar-refractivity contribution >= 4 is 49.7 Å². The van der Waals surface area contributed by atoms with Crippen LogP contribution in [-0.4, -0.2) is 47.3 Å².